The molecule has 0 amide bonds. The van der Waals surface area contributed by atoms with Crippen LogP contribution in [0.5, 0.6) is 5.75 Å². The zero-order chi connectivity index (χ0) is 15.8. The van der Waals surface area contributed by atoms with Crippen molar-refractivity contribution in [3.8, 4) is 17.1 Å². The van der Waals surface area contributed by atoms with E-state index in [1.807, 2.05) is 48.5 Å². The highest BCUT2D eigenvalue weighted by Gasteiger charge is 2.19. The molecule has 23 heavy (non-hydrogen) atoms. The summed E-state index contributed by atoms with van der Waals surface area (Å²) in [5, 5.41) is 0.547. The van der Waals surface area contributed by atoms with E-state index in [-0.39, 0.29) is 11.2 Å². The molecule has 1 aliphatic heterocycles. The summed E-state index contributed by atoms with van der Waals surface area (Å²) in [6, 6.07) is 15.3. The lowest BCUT2D eigenvalue weighted by Crippen LogP contribution is -2.36. The normalized spacial score (nSPS) is 13.9. The number of hydrogen-bond donors (Lipinski definition) is 0. The molecule has 1 aromatic heterocycles. The van der Waals surface area contributed by atoms with E-state index in [1.54, 1.807) is 0 Å². The van der Waals surface area contributed by atoms with Crippen molar-refractivity contribution in [2.45, 2.75) is 6.42 Å². The summed E-state index contributed by atoms with van der Waals surface area (Å²) in [5.41, 5.74) is 2.38. The number of nitrogens with zero attached hydrogens (tertiary/aromatic N) is 1. The van der Waals surface area contributed by atoms with Gasteiger partial charge in [-0.3, -0.25) is 4.79 Å². The fourth-order valence-electron chi connectivity index (χ4n) is 2.90. The Balaban J connectivity index is 1.96. The zero-order valence-electron chi connectivity index (χ0n) is 12.9. The number of hydrogen-bond acceptors (Lipinski definition) is 4. The molecular weight excluding hydrogens is 290 g/mol. The van der Waals surface area contributed by atoms with Crippen LogP contribution in [-0.4, -0.2) is 20.2 Å². The average molecular weight is 307 g/mol. The Labute approximate surface area is 133 Å². The molecule has 0 radical (unpaired) electrons. The Morgan fingerprint density at radius 2 is 1.87 bits per heavy atom. The minimum atomic E-state index is -0.136. The first-order chi connectivity index (χ1) is 11.3. The molecule has 116 valence electrons. The maximum atomic E-state index is 12.7. The van der Waals surface area contributed by atoms with Crippen LogP contribution in [0, 0.1) is 0 Å². The van der Waals surface area contributed by atoms with Gasteiger partial charge in [-0.25, -0.2) is 0 Å². The number of fused-ring (bicyclic) bond motifs is 1. The third-order valence-corrected chi connectivity index (χ3v) is 4.30. The topological polar surface area (TPSA) is 42.7 Å². The summed E-state index contributed by atoms with van der Waals surface area (Å²) in [6.07, 6.45) is 1.21. The largest absolute Gasteiger partial charge is 0.490 e. The minimum Gasteiger partial charge on any atom is -0.490 e. The minimum absolute atomic E-state index is 0.136. The van der Waals surface area contributed by atoms with Crippen LogP contribution in [0.2, 0.25) is 0 Å². The summed E-state index contributed by atoms with van der Waals surface area (Å²) < 4.78 is 11.4. The molecule has 1 fully saturated rings. The monoisotopic (exact) mass is 307 g/mol. The van der Waals surface area contributed by atoms with E-state index in [0.717, 1.165) is 24.3 Å². The highest BCUT2D eigenvalue weighted by atomic mass is 16.5. The smallest absolute Gasteiger partial charge is 0.235 e. The van der Waals surface area contributed by atoms with Crippen molar-refractivity contribution in [1.82, 2.24) is 0 Å². The van der Waals surface area contributed by atoms with E-state index in [1.165, 1.54) is 13.5 Å². The standard InChI is InChI=1S/C19H17NO3/c1-22-19-17(21)15-9-8-14(20-10-5-11-20)12-16(15)23-18(19)13-6-3-2-4-7-13/h2-4,6-9,12H,5,10-11H2,1H3. The first-order valence-electron chi connectivity index (χ1n) is 7.73. The van der Waals surface area contributed by atoms with Crippen molar-refractivity contribution in [3.05, 3.63) is 58.8 Å². The van der Waals surface area contributed by atoms with Gasteiger partial charge in [0.15, 0.2) is 5.76 Å². The fraction of sp³-hybridized carbons (Fsp3) is 0.211. The summed E-state index contributed by atoms with van der Waals surface area (Å²) in [5.74, 6) is 0.728. The lowest BCUT2D eigenvalue weighted by atomic mass is 10.1. The van der Waals surface area contributed by atoms with E-state index in [2.05, 4.69) is 4.90 Å². The van der Waals surface area contributed by atoms with Crippen molar-refractivity contribution >= 4 is 16.7 Å². The SMILES string of the molecule is COc1c(-c2ccccc2)oc2cc(N3CCC3)ccc2c1=O. The van der Waals surface area contributed by atoms with Crippen LogP contribution < -0.4 is 15.1 Å². The van der Waals surface area contributed by atoms with Crippen molar-refractivity contribution in [2.75, 3.05) is 25.1 Å². The van der Waals surface area contributed by atoms with Crippen LogP contribution in [0.15, 0.2) is 57.7 Å². The molecule has 1 aliphatic rings. The van der Waals surface area contributed by atoms with Gasteiger partial charge in [0, 0.05) is 30.4 Å². The van der Waals surface area contributed by atoms with Gasteiger partial charge in [-0.15, -0.1) is 0 Å². The van der Waals surface area contributed by atoms with E-state index in [9.17, 15) is 4.79 Å². The van der Waals surface area contributed by atoms with E-state index in [4.69, 9.17) is 9.15 Å². The summed E-state index contributed by atoms with van der Waals surface area (Å²) in [7, 11) is 1.50. The second kappa shape index (κ2) is 5.47. The van der Waals surface area contributed by atoms with Crippen molar-refractivity contribution < 1.29 is 9.15 Å². The molecule has 2 aromatic carbocycles. The number of ether oxygens (including phenoxy) is 1. The molecule has 4 rings (SSSR count). The molecule has 0 spiro atoms. The van der Waals surface area contributed by atoms with Crippen molar-refractivity contribution in [1.29, 1.82) is 0 Å². The Bertz CT molecular complexity index is 911. The molecule has 4 nitrogen and oxygen atoms in total. The van der Waals surface area contributed by atoms with Gasteiger partial charge in [0.25, 0.3) is 0 Å². The molecule has 4 heteroatoms. The Kier molecular flexibility index (Phi) is 3.30. The molecule has 3 aromatic rings. The van der Waals surface area contributed by atoms with Gasteiger partial charge in [-0.05, 0) is 18.6 Å². The number of benzene rings is 2. The molecular formula is C19H17NO3. The first kappa shape index (κ1) is 13.9. The Morgan fingerprint density at radius 3 is 2.52 bits per heavy atom. The fourth-order valence-corrected chi connectivity index (χ4v) is 2.90. The number of anilines is 1. The second-order valence-corrected chi connectivity index (χ2v) is 5.68. The number of rotatable bonds is 3. The predicted molar refractivity (Wildman–Crippen MR) is 91.3 cm³/mol. The third-order valence-electron chi connectivity index (χ3n) is 4.30. The molecule has 0 unspecified atom stereocenters. The first-order valence-corrected chi connectivity index (χ1v) is 7.73. The van der Waals surface area contributed by atoms with Crippen LogP contribution in [0.3, 0.4) is 0 Å². The van der Waals surface area contributed by atoms with Gasteiger partial charge in [0.05, 0.1) is 12.5 Å². The Morgan fingerprint density at radius 1 is 1.09 bits per heavy atom. The summed E-state index contributed by atoms with van der Waals surface area (Å²) >= 11 is 0. The highest BCUT2D eigenvalue weighted by molar-refractivity contribution is 5.85. The van der Waals surface area contributed by atoms with Crippen LogP contribution >= 0.6 is 0 Å². The van der Waals surface area contributed by atoms with E-state index in [0.29, 0.717) is 16.7 Å². The molecule has 0 atom stereocenters. The lowest BCUT2D eigenvalue weighted by Gasteiger charge is -2.33. The van der Waals surface area contributed by atoms with Crippen molar-refractivity contribution in [3.63, 3.8) is 0 Å². The molecule has 0 N–H and O–H groups in total. The molecule has 0 aliphatic carbocycles. The number of methoxy groups -OCH3 is 1. The van der Waals surface area contributed by atoms with Crippen molar-refractivity contribution in [2.24, 2.45) is 0 Å². The van der Waals surface area contributed by atoms with Crippen LogP contribution in [0.1, 0.15) is 6.42 Å². The maximum absolute atomic E-state index is 12.7. The quantitative estimate of drug-likeness (QED) is 0.740. The van der Waals surface area contributed by atoms with Gasteiger partial charge in [0.1, 0.15) is 5.58 Å². The lowest BCUT2D eigenvalue weighted by molar-refractivity contribution is 0.398. The van der Waals surface area contributed by atoms with Gasteiger partial charge in [-0.1, -0.05) is 30.3 Å². The summed E-state index contributed by atoms with van der Waals surface area (Å²) in [4.78, 5) is 15.0. The second-order valence-electron chi connectivity index (χ2n) is 5.68. The van der Waals surface area contributed by atoms with Gasteiger partial charge < -0.3 is 14.1 Å². The molecule has 1 saturated heterocycles. The molecule has 0 saturated carbocycles. The third kappa shape index (κ3) is 2.27. The highest BCUT2D eigenvalue weighted by Crippen LogP contribution is 2.32. The zero-order valence-corrected chi connectivity index (χ0v) is 12.9. The van der Waals surface area contributed by atoms with Crippen LogP contribution in [-0.2, 0) is 0 Å². The maximum Gasteiger partial charge on any atom is 0.235 e. The van der Waals surface area contributed by atoms with E-state index >= 15 is 0 Å². The Hall–Kier alpha value is -2.75. The van der Waals surface area contributed by atoms with Crippen LogP contribution in [0.4, 0.5) is 5.69 Å². The molecule has 2 heterocycles. The van der Waals surface area contributed by atoms with E-state index < -0.39 is 0 Å². The van der Waals surface area contributed by atoms with Gasteiger partial charge in [-0.2, -0.15) is 0 Å². The predicted octanol–water partition coefficient (Wildman–Crippen LogP) is 3.68. The van der Waals surface area contributed by atoms with Gasteiger partial charge in [0.2, 0.25) is 11.2 Å². The average Bonchev–Trinajstić information content (AvgIpc) is 2.54. The summed E-state index contributed by atoms with van der Waals surface area (Å²) in [6.45, 7) is 2.11. The van der Waals surface area contributed by atoms with Crippen LogP contribution in [0.25, 0.3) is 22.3 Å². The van der Waals surface area contributed by atoms with Gasteiger partial charge >= 0.3 is 0 Å². The molecule has 0 bridgehead atoms.